The number of nitro benzene ring substituents is 1. The lowest BCUT2D eigenvalue weighted by Crippen LogP contribution is -2.32. The van der Waals surface area contributed by atoms with E-state index in [-0.39, 0.29) is 11.4 Å². The van der Waals surface area contributed by atoms with Crippen molar-refractivity contribution in [2.75, 3.05) is 0 Å². The second-order valence-corrected chi connectivity index (χ2v) is 4.17. The van der Waals surface area contributed by atoms with Gasteiger partial charge < -0.3 is 9.84 Å². The van der Waals surface area contributed by atoms with E-state index in [9.17, 15) is 20.0 Å². The molecular weight excluding hydrogens is 238 g/mol. The maximum Gasteiger partial charge on any atom is 0.269 e. The summed E-state index contributed by atoms with van der Waals surface area (Å²) in [6.45, 7) is 2.80. The third-order valence-corrected chi connectivity index (χ3v) is 2.74. The lowest BCUT2D eigenvalue weighted by Gasteiger charge is -2.16. The van der Waals surface area contributed by atoms with E-state index in [4.69, 9.17) is 4.74 Å². The van der Waals surface area contributed by atoms with Gasteiger partial charge in [0.2, 0.25) is 5.78 Å². The second kappa shape index (κ2) is 3.92. The van der Waals surface area contributed by atoms with Crippen LogP contribution in [-0.2, 0) is 9.53 Å². The number of carbonyl (C=O) groups excluding carboxylic acids is 1. The molecule has 1 aromatic carbocycles. The van der Waals surface area contributed by atoms with E-state index < -0.39 is 16.5 Å². The highest BCUT2D eigenvalue weighted by atomic mass is 16.6. The van der Waals surface area contributed by atoms with Crippen LogP contribution in [0.3, 0.4) is 0 Å². The van der Waals surface area contributed by atoms with Gasteiger partial charge in [0.25, 0.3) is 11.5 Å². The Morgan fingerprint density at radius 3 is 2.28 bits per heavy atom. The van der Waals surface area contributed by atoms with Gasteiger partial charge in [-0.3, -0.25) is 14.9 Å². The minimum atomic E-state index is -1.86. The third-order valence-electron chi connectivity index (χ3n) is 2.74. The van der Waals surface area contributed by atoms with Crippen molar-refractivity contribution in [2.24, 2.45) is 0 Å². The molecule has 1 aliphatic rings. The van der Waals surface area contributed by atoms with E-state index in [1.807, 2.05) is 0 Å². The number of ether oxygens (including phenoxy) is 1. The van der Waals surface area contributed by atoms with Gasteiger partial charge in [-0.2, -0.15) is 0 Å². The van der Waals surface area contributed by atoms with Crippen LogP contribution < -0.4 is 0 Å². The van der Waals surface area contributed by atoms with Crippen LogP contribution >= 0.6 is 0 Å². The number of carbonyl (C=O) groups is 1. The molecule has 0 amide bonds. The lowest BCUT2D eigenvalue weighted by molar-refractivity contribution is -0.384. The molecule has 1 aromatic rings. The minimum absolute atomic E-state index is 0.0481. The summed E-state index contributed by atoms with van der Waals surface area (Å²) < 4.78 is 5.18. The van der Waals surface area contributed by atoms with Crippen LogP contribution in [0.4, 0.5) is 5.69 Å². The first-order chi connectivity index (χ1) is 8.33. The number of Topliss-reactive ketones (excluding diaryl/α,β-unsaturated/α-hetero) is 1. The molecule has 2 rings (SSSR count). The fourth-order valence-corrected chi connectivity index (χ4v) is 1.78. The van der Waals surface area contributed by atoms with Crippen LogP contribution in [0.1, 0.15) is 19.4 Å². The fraction of sp³-hybridized carbons (Fsp3) is 0.250. The number of hydrogen-bond donors (Lipinski definition) is 1. The van der Waals surface area contributed by atoms with E-state index in [0.29, 0.717) is 11.1 Å². The quantitative estimate of drug-likeness (QED) is 0.635. The number of rotatable bonds is 2. The van der Waals surface area contributed by atoms with E-state index >= 15 is 0 Å². The van der Waals surface area contributed by atoms with Crippen molar-refractivity contribution in [1.29, 1.82) is 0 Å². The Bertz CT molecular complexity index is 556. The van der Waals surface area contributed by atoms with Gasteiger partial charge in [0.1, 0.15) is 5.76 Å². The van der Waals surface area contributed by atoms with E-state index in [0.717, 1.165) is 0 Å². The van der Waals surface area contributed by atoms with Crippen LogP contribution in [0.5, 0.6) is 0 Å². The molecular formula is C12H11NO5. The zero-order valence-electron chi connectivity index (χ0n) is 9.84. The molecule has 0 radical (unpaired) electrons. The zero-order chi connectivity index (χ0) is 13.5. The summed E-state index contributed by atoms with van der Waals surface area (Å²) in [5.74, 6) is -2.11. The van der Waals surface area contributed by atoms with Gasteiger partial charge in [-0.05, 0) is 19.1 Å². The van der Waals surface area contributed by atoms with Crippen molar-refractivity contribution in [2.45, 2.75) is 19.6 Å². The SMILES string of the molecule is CC1=C(c2ccc([N+](=O)[O-])cc2)OC(C)(O)C1=O. The number of ketones is 1. The van der Waals surface area contributed by atoms with E-state index in [1.54, 1.807) is 6.92 Å². The van der Waals surface area contributed by atoms with Crippen molar-refractivity contribution in [3.05, 3.63) is 45.5 Å². The van der Waals surface area contributed by atoms with Crippen molar-refractivity contribution in [1.82, 2.24) is 0 Å². The molecule has 1 N–H and O–H groups in total. The number of nitro groups is 1. The number of non-ortho nitro benzene ring substituents is 1. The maximum absolute atomic E-state index is 11.6. The highest BCUT2D eigenvalue weighted by Gasteiger charge is 2.42. The Morgan fingerprint density at radius 2 is 1.89 bits per heavy atom. The Hall–Kier alpha value is -2.21. The summed E-state index contributed by atoms with van der Waals surface area (Å²) in [5, 5.41) is 20.2. The third kappa shape index (κ3) is 1.86. The predicted octanol–water partition coefficient (Wildman–Crippen LogP) is 1.63. The van der Waals surface area contributed by atoms with E-state index in [2.05, 4.69) is 0 Å². The summed E-state index contributed by atoms with van der Waals surface area (Å²) >= 11 is 0. The van der Waals surface area contributed by atoms with Crippen molar-refractivity contribution in [3.8, 4) is 0 Å². The average Bonchev–Trinajstić information content (AvgIpc) is 2.53. The molecule has 0 saturated carbocycles. The minimum Gasteiger partial charge on any atom is -0.454 e. The average molecular weight is 249 g/mol. The highest BCUT2D eigenvalue weighted by molar-refractivity contribution is 6.08. The molecule has 1 aliphatic heterocycles. The molecule has 0 bridgehead atoms. The molecule has 0 aliphatic carbocycles. The Labute approximate surface area is 103 Å². The number of hydrogen-bond acceptors (Lipinski definition) is 5. The molecule has 0 aromatic heterocycles. The van der Waals surface area contributed by atoms with Crippen LogP contribution in [-0.4, -0.2) is 21.6 Å². The Morgan fingerprint density at radius 1 is 1.33 bits per heavy atom. The van der Waals surface area contributed by atoms with Crippen LogP contribution in [0.15, 0.2) is 29.8 Å². The Balaban J connectivity index is 2.39. The largest absolute Gasteiger partial charge is 0.454 e. The van der Waals surface area contributed by atoms with Crippen molar-refractivity contribution in [3.63, 3.8) is 0 Å². The lowest BCUT2D eigenvalue weighted by atomic mass is 10.1. The summed E-state index contributed by atoms with van der Waals surface area (Å²) in [5.41, 5.74) is 0.770. The molecule has 18 heavy (non-hydrogen) atoms. The second-order valence-electron chi connectivity index (χ2n) is 4.17. The summed E-state index contributed by atoms with van der Waals surface area (Å²) in [6, 6.07) is 5.59. The van der Waals surface area contributed by atoms with Gasteiger partial charge in [0.05, 0.1) is 4.92 Å². The molecule has 6 heteroatoms. The Kier molecular flexibility index (Phi) is 2.67. The molecule has 0 fully saturated rings. The highest BCUT2D eigenvalue weighted by Crippen LogP contribution is 2.35. The van der Waals surface area contributed by atoms with Crippen molar-refractivity contribution >= 4 is 17.2 Å². The van der Waals surface area contributed by atoms with Crippen LogP contribution in [0, 0.1) is 10.1 Å². The smallest absolute Gasteiger partial charge is 0.269 e. The fourth-order valence-electron chi connectivity index (χ4n) is 1.78. The van der Waals surface area contributed by atoms with E-state index in [1.165, 1.54) is 31.2 Å². The van der Waals surface area contributed by atoms with Crippen molar-refractivity contribution < 1.29 is 19.6 Å². The van der Waals surface area contributed by atoms with Gasteiger partial charge in [-0.1, -0.05) is 0 Å². The first-order valence-corrected chi connectivity index (χ1v) is 5.25. The van der Waals surface area contributed by atoms with Gasteiger partial charge in [0.15, 0.2) is 0 Å². The standard InChI is InChI=1S/C12H11NO5/c1-7-10(18-12(2,15)11(7)14)8-3-5-9(6-4-8)13(16)17/h3-6,15H,1-2H3. The molecule has 1 unspecified atom stereocenters. The summed E-state index contributed by atoms with van der Waals surface area (Å²) in [6.07, 6.45) is 0. The molecule has 1 atom stereocenters. The zero-order valence-corrected chi connectivity index (χ0v) is 9.84. The molecule has 94 valence electrons. The normalized spacial score (nSPS) is 23.2. The maximum atomic E-state index is 11.6. The molecule has 0 saturated heterocycles. The topological polar surface area (TPSA) is 89.7 Å². The van der Waals surface area contributed by atoms with Crippen LogP contribution in [0.2, 0.25) is 0 Å². The van der Waals surface area contributed by atoms with Gasteiger partial charge in [0, 0.05) is 30.2 Å². The summed E-state index contributed by atoms with van der Waals surface area (Å²) in [4.78, 5) is 21.7. The first-order valence-electron chi connectivity index (χ1n) is 5.25. The first kappa shape index (κ1) is 12.3. The van der Waals surface area contributed by atoms with Gasteiger partial charge in [-0.15, -0.1) is 0 Å². The van der Waals surface area contributed by atoms with Gasteiger partial charge >= 0.3 is 0 Å². The number of aliphatic hydroxyl groups is 1. The summed E-state index contributed by atoms with van der Waals surface area (Å²) in [7, 11) is 0. The predicted molar refractivity (Wildman–Crippen MR) is 62.4 cm³/mol. The monoisotopic (exact) mass is 249 g/mol. The molecule has 1 heterocycles. The number of nitrogens with zero attached hydrogens (tertiary/aromatic N) is 1. The van der Waals surface area contributed by atoms with Crippen LogP contribution in [0.25, 0.3) is 5.76 Å². The molecule has 6 nitrogen and oxygen atoms in total. The van der Waals surface area contributed by atoms with Gasteiger partial charge in [-0.25, -0.2) is 0 Å². The molecule has 0 spiro atoms. The number of benzene rings is 1.